The van der Waals surface area contributed by atoms with E-state index < -0.39 is 0 Å². The maximum Gasteiger partial charge on any atom is 0.111 e. The van der Waals surface area contributed by atoms with Gasteiger partial charge in [-0.15, -0.1) is 11.3 Å². The van der Waals surface area contributed by atoms with Gasteiger partial charge in [-0.1, -0.05) is 12.1 Å². The molecule has 0 saturated carbocycles. The average Bonchev–Trinajstić information content (AvgIpc) is 2.90. The summed E-state index contributed by atoms with van der Waals surface area (Å²) in [6, 6.07) is 9.09. The van der Waals surface area contributed by atoms with Gasteiger partial charge in [-0.3, -0.25) is 4.90 Å². The lowest BCUT2D eigenvalue weighted by atomic mass is 9.91. The monoisotopic (exact) mass is 289 g/mol. The van der Waals surface area contributed by atoms with Crippen LogP contribution in [0.25, 0.3) is 10.2 Å². The predicted octanol–water partition coefficient (Wildman–Crippen LogP) is 3.42. The van der Waals surface area contributed by atoms with Crippen LogP contribution in [0.4, 0.5) is 0 Å². The van der Waals surface area contributed by atoms with Crippen LogP contribution in [-0.4, -0.2) is 29.0 Å². The molecule has 2 heterocycles. The molecule has 0 radical (unpaired) electrons. The Kier molecular flexibility index (Phi) is 4.06. The van der Waals surface area contributed by atoms with Crippen molar-refractivity contribution in [1.82, 2.24) is 9.88 Å². The molecule has 4 heteroatoms. The molecule has 2 aromatic rings. The quantitative estimate of drug-likeness (QED) is 0.941. The van der Waals surface area contributed by atoms with Crippen LogP contribution in [0.3, 0.4) is 0 Å². The van der Waals surface area contributed by atoms with Crippen molar-refractivity contribution in [1.29, 1.82) is 0 Å². The second kappa shape index (κ2) is 5.80. The maximum atomic E-state index is 6.09. The summed E-state index contributed by atoms with van der Waals surface area (Å²) in [5.41, 5.74) is 7.21. The Labute approximate surface area is 124 Å². The molecule has 1 aromatic heterocycles. The number of piperidine rings is 1. The Morgan fingerprint density at radius 3 is 2.90 bits per heavy atom. The molecule has 3 unspecified atom stereocenters. The van der Waals surface area contributed by atoms with Crippen LogP contribution in [0.2, 0.25) is 0 Å². The number of hydrogen-bond acceptors (Lipinski definition) is 4. The van der Waals surface area contributed by atoms with Gasteiger partial charge in [0.15, 0.2) is 0 Å². The van der Waals surface area contributed by atoms with Crippen molar-refractivity contribution in [3.8, 4) is 0 Å². The van der Waals surface area contributed by atoms with E-state index in [1.807, 2.05) is 11.3 Å². The van der Waals surface area contributed by atoms with E-state index >= 15 is 0 Å². The number of thiazole rings is 1. The number of hydrogen-bond donors (Lipinski definition) is 1. The molecule has 0 bridgehead atoms. The summed E-state index contributed by atoms with van der Waals surface area (Å²) in [5.74, 6) is 0.626. The van der Waals surface area contributed by atoms with Crippen molar-refractivity contribution in [3.63, 3.8) is 0 Å². The van der Waals surface area contributed by atoms with E-state index in [1.165, 1.54) is 29.1 Å². The Balaban J connectivity index is 1.79. The van der Waals surface area contributed by atoms with Crippen LogP contribution >= 0.6 is 11.3 Å². The number of aromatic nitrogens is 1. The van der Waals surface area contributed by atoms with E-state index in [0.29, 0.717) is 18.0 Å². The van der Waals surface area contributed by atoms with E-state index in [1.54, 1.807) is 0 Å². The molecule has 108 valence electrons. The van der Waals surface area contributed by atoms with Gasteiger partial charge in [0.1, 0.15) is 5.01 Å². The molecule has 20 heavy (non-hydrogen) atoms. The predicted molar refractivity (Wildman–Crippen MR) is 86.0 cm³/mol. The fraction of sp³-hybridized carbons (Fsp3) is 0.562. The van der Waals surface area contributed by atoms with E-state index in [9.17, 15) is 0 Å². The smallest absolute Gasteiger partial charge is 0.111 e. The Morgan fingerprint density at radius 2 is 2.15 bits per heavy atom. The highest BCUT2D eigenvalue weighted by molar-refractivity contribution is 7.18. The first kappa shape index (κ1) is 14.0. The highest BCUT2D eigenvalue weighted by Gasteiger charge is 2.27. The van der Waals surface area contributed by atoms with Gasteiger partial charge in [-0.2, -0.15) is 0 Å². The van der Waals surface area contributed by atoms with E-state index in [0.717, 1.165) is 12.1 Å². The molecule has 1 saturated heterocycles. The second-order valence-electron chi connectivity index (χ2n) is 5.95. The molecule has 0 aliphatic carbocycles. The number of nitrogens with zero attached hydrogens (tertiary/aromatic N) is 2. The number of fused-ring (bicyclic) bond motifs is 1. The van der Waals surface area contributed by atoms with Gasteiger partial charge in [0.05, 0.1) is 16.3 Å². The van der Waals surface area contributed by atoms with E-state index in [-0.39, 0.29) is 0 Å². The van der Waals surface area contributed by atoms with E-state index in [4.69, 9.17) is 10.7 Å². The first-order valence-corrected chi connectivity index (χ1v) is 8.32. The molecule has 1 aromatic carbocycles. The summed E-state index contributed by atoms with van der Waals surface area (Å²) in [6.45, 7) is 6.69. The van der Waals surface area contributed by atoms with Gasteiger partial charge in [0.25, 0.3) is 0 Å². The van der Waals surface area contributed by atoms with Crippen molar-refractivity contribution in [3.05, 3.63) is 29.3 Å². The molecule has 1 fully saturated rings. The normalized spacial score (nSPS) is 23.9. The summed E-state index contributed by atoms with van der Waals surface area (Å²) < 4.78 is 1.29. The third-order valence-electron chi connectivity index (χ3n) is 4.45. The molecule has 0 amide bonds. The first-order valence-electron chi connectivity index (χ1n) is 7.50. The van der Waals surface area contributed by atoms with Crippen molar-refractivity contribution in [2.45, 2.75) is 38.8 Å². The minimum Gasteiger partial charge on any atom is -0.328 e. The van der Waals surface area contributed by atoms with E-state index in [2.05, 4.69) is 43.0 Å². The highest BCUT2D eigenvalue weighted by Crippen LogP contribution is 2.32. The molecule has 3 nitrogen and oxygen atoms in total. The Bertz CT molecular complexity index is 545. The lowest BCUT2D eigenvalue weighted by molar-refractivity contribution is 0.121. The summed E-state index contributed by atoms with van der Waals surface area (Å²) >= 11 is 1.82. The van der Waals surface area contributed by atoms with Gasteiger partial charge in [0.2, 0.25) is 0 Å². The van der Waals surface area contributed by atoms with Crippen LogP contribution in [0.5, 0.6) is 0 Å². The van der Waals surface area contributed by atoms with Crippen molar-refractivity contribution in [2.24, 2.45) is 11.7 Å². The van der Waals surface area contributed by atoms with Crippen LogP contribution in [0.15, 0.2) is 24.3 Å². The van der Waals surface area contributed by atoms with Gasteiger partial charge in [-0.05, 0) is 51.3 Å². The van der Waals surface area contributed by atoms with Crippen LogP contribution in [-0.2, 0) is 0 Å². The fourth-order valence-corrected chi connectivity index (χ4v) is 4.10. The SMILES string of the molecule is CC(N)C1CCCN(C(C)c2nc3ccccc3s2)C1. The number of para-hydroxylation sites is 1. The van der Waals surface area contributed by atoms with Gasteiger partial charge >= 0.3 is 0 Å². The molecule has 3 rings (SSSR count). The number of nitrogens with two attached hydrogens (primary N) is 1. The molecule has 2 N–H and O–H groups in total. The molecule has 1 aliphatic heterocycles. The molecule has 3 atom stereocenters. The number of likely N-dealkylation sites (tertiary alicyclic amines) is 1. The van der Waals surface area contributed by atoms with Crippen LogP contribution in [0.1, 0.15) is 37.7 Å². The highest BCUT2D eigenvalue weighted by atomic mass is 32.1. The summed E-state index contributed by atoms with van der Waals surface area (Å²) in [5, 5.41) is 1.23. The van der Waals surface area contributed by atoms with Crippen LogP contribution in [0, 0.1) is 5.92 Å². The third-order valence-corrected chi connectivity index (χ3v) is 5.66. The minimum atomic E-state index is 0.292. The summed E-state index contributed by atoms with van der Waals surface area (Å²) in [6.07, 6.45) is 2.52. The first-order chi connectivity index (χ1) is 9.65. The summed E-state index contributed by atoms with van der Waals surface area (Å²) in [7, 11) is 0. The zero-order valence-corrected chi connectivity index (χ0v) is 13.1. The fourth-order valence-electron chi connectivity index (χ4n) is 3.05. The Morgan fingerprint density at radius 1 is 1.35 bits per heavy atom. The molecule has 0 spiro atoms. The third kappa shape index (κ3) is 2.73. The van der Waals surface area contributed by atoms with Gasteiger partial charge in [0, 0.05) is 12.6 Å². The topological polar surface area (TPSA) is 42.1 Å². The van der Waals surface area contributed by atoms with Gasteiger partial charge < -0.3 is 5.73 Å². The Hall–Kier alpha value is -0.970. The second-order valence-corrected chi connectivity index (χ2v) is 7.01. The molecule has 1 aliphatic rings. The van der Waals surface area contributed by atoms with Crippen molar-refractivity contribution < 1.29 is 0 Å². The lowest BCUT2D eigenvalue weighted by Crippen LogP contribution is -2.43. The van der Waals surface area contributed by atoms with Crippen molar-refractivity contribution in [2.75, 3.05) is 13.1 Å². The zero-order chi connectivity index (χ0) is 14.1. The molecular formula is C16H23N3S. The molecular weight excluding hydrogens is 266 g/mol. The largest absolute Gasteiger partial charge is 0.328 e. The zero-order valence-electron chi connectivity index (χ0n) is 12.2. The van der Waals surface area contributed by atoms with Crippen molar-refractivity contribution >= 4 is 21.6 Å². The van der Waals surface area contributed by atoms with Crippen LogP contribution < -0.4 is 5.73 Å². The minimum absolute atomic E-state index is 0.292. The standard InChI is InChI=1S/C16H23N3S/c1-11(17)13-6-5-9-19(10-13)12(2)16-18-14-7-3-4-8-15(14)20-16/h3-4,7-8,11-13H,5-6,9-10,17H2,1-2H3. The van der Waals surface area contributed by atoms with Gasteiger partial charge in [-0.25, -0.2) is 4.98 Å². The number of benzene rings is 1. The maximum absolute atomic E-state index is 6.09. The lowest BCUT2D eigenvalue weighted by Gasteiger charge is -2.37. The number of rotatable bonds is 3. The summed E-state index contributed by atoms with van der Waals surface area (Å²) in [4.78, 5) is 7.35. The average molecular weight is 289 g/mol.